The average Bonchev–Trinajstić information content (AvgIpc) is 2.40. The van der Waals surface area contributed by atoms with Crippen molar-refractivity contribution in [2.45, 2.75) is 71.3 Å². The maximum atomic E-state index is 6.02. The first-order chi connectivity index (χ1) is 9.75. The molecule has 0 heterocycles. The number of hydrogen-bond acceptors (Lipinski definition) is 2. The minimum atomic E-state index is 0.580. The molecule has 4 saturated carbocycles. The average molecular weight is 279 g/mol. The summed E-state index contributed by atoms with van der Waals surface area (Å²) in [5, 5.41) is 3.79. The van der Waals surface area contributed by atoms with E-state index in [2.05, 4.69) is 19.2 Å². The van der Waals surface area contributed by atoms with E-state index in [4.69, 9.17) is 4.74 Å². The smallest absolute Gasteiger partial charge is 0.0625 e. The zero-order valence-electron chi connectivity index (χ0n) is 13.5. The SMILES string of the molecule is CCCCOCC(NCC)C12CC3CC(CC(C3)C1)C2. The van der Waals surface area contributed by atoms with E-state index in [1.807, 2.05) is 0 Å². The van der Waals surface area contributed by atoms with Crippen LogP contribution in [0.3, 0.4) is 0 Å². The molecule has 0 amide bonds. The van der Waals surface area contributed by atoms with Crippen molar-refractivity contribution >= 4 is 0 Å². The van der Waals surface area contributed by atoms with Crippen molar-refractivity contribution in [2.75, 3.05) is 19.8 Å². The molecule has 0 spiro atoms. The van der Waals surface area contributed by atoms with E-state index in [-0.39, 0.29) is 0 Å². The van der Waals surface area contributed by atoms with E-state index in [1.165, 1.54) is 51.4 Å². The molecule has 4 fully saturated rings. The predicted octanol–water partition coefficient (Wildman–Crippen LogP) is 4.00. The predicted molar refractivity (Wildman–Crippen MR) is 83.8 cm³/mol. The maximum Gasteiger partial charge on any atom is 0.0625 e. The molecule has 4 aliphatic rings. The second-order valence-corrected chi connectivity index (χ2v) is 7.82. The van der Waals surface area contributed by atoms with Gasteiger partial charge in [0, 0.05) is 12.6 Å². The topological polar surface area (TPSA) is 21.3 Å². The van der Waals surface area contributed by atoms with Gasteiger partial charge in [0.2, 0.25) is 0 Å². The molecule has 0 aromatic carbocycles. The molecule has 0 aliphatic heterocycles. The molecule has 1 atom stereocenters. The van der Waals surface area contributed by atoms with Crippen LogP contribution in [0.25, 0.3) is 0 Å². The highest BCUT2D eigenvalue weighted by molar-refractivity contribution is 5.06. The third-order valence-electron chi connectivity index (χ3n) is 6.20. The summed E-state index contributed by atoms with van der Waals surface area (Å²) in [4.78, 5) is 0. The van der Waals surface area contributed by atoms with Crippen molar-refractivity contribution in [1.29, 1.82) is 0 Å². The largest absolute Gasteiger partial charge is 0.380 e. The first kappa shape index (κ1) is 14.8. The standard InChI is InChI=1S/C18H33NO/c1-3-5-6-20-13-17(19-4-2)18-10-14-7-15(11-18)9-16(8-14)12-18/h14-17,19H,3-13H2,1-2H3. The third kappa shape index (κ3) is 2.92. The van der Waals surface area contributed by atoms with Crippen molar-refractivity contribution in [3.05, 3.63) is 0 Å². The monoisotopic (exact) mass is 279 g/mol. The van der Waals surface area contributed by atoms with Gasteiger partial charge in [-0.15, -0.1) is 0 Å². The summed E-state index contributed by atoms with van der Waals surface area (Å²) in [6, 6.07) is 0.609. The zero-order valence-corrected chi connectivity index (χ0v) is 13.5. The van der Waals surface area contributed by atoms with Gasteiger partial charge in [0.15, 0.2) is 0 Å². The summed E-state index contributed by atoms with van der Waals surface area (Å²) in [6.07, 6.45) is 11.5. The van der Waals surface area contributed by atoms with Gasteiger partial charge in [0.05, 0.1) is 6.61 Å². The van der Waals surface area contributed by atoms with Crippen LogP contribution in [0.4, 0.5) is 0 Å². The third-order valence-corrected chi connectivity index (χ3v) is 6.20. The van der Waals surface area contributed by atoms with E-state index in [0.717, 1.165) is 37.5 Å². The van der Waals surface area contributed by atoms with Crippen molar-refractivity contribution in [1.82, 2.24) is 5.32 Å². The number of unbranched alkanes of at least 4 members (excludes halogenated alkanes) is 1. The van der Waals surface area contributed by atoms with Crippen molar-refractivity contribution in [3.8, 4) is 0 Å². The fourth-order valence-corrected chi connectivity index (χ4v) is 5.75. The summed E-state index contributed by atoms with van der Waals surface area (Å²) in [7, 11) is 0. The number of rotatable bonds is 8. The summed E-state index contributed by atoms with van der Waals surface area (Å²) in [5.74, 6) is 3.12. The zero-order chi connectivity index (χ0) is 14.0. The van der Waals surface area contributed by atoms with E-state index < -0.39 is 0 Å². The number of likely N-dealkylation sites (N-methyl/N-ethyl adjacent to an activating group) is 1. The molecular formula is C18H33NO. The molecule has 4 rings (SSSR count). The Labute approximate surface area is 125 Å². The Hall–Kier alpha value is -0.0800. The Morgan fingerprint density at radius 1 is 1.05 bits per heavy atom. The van der Waals surface area contributed by atoms with Crippen LogP contribution in [0.2, 0.25) is 0 Å². The second-order valence-electron chi connectivity index (χ2n) is 7.82. The number of hydrogen-bond donors (Lipinski definition) is 1. The number of nitrogens with one attached hydrogen (secondary N) is 1. The summed E-state index contributed by atoms with van der Waals surface area (Å²) in [5.41, 5.74) is 0.580. The van der Waals surface area contributed by atoms with Gasteiger partial charge in [-0.3, -0.25) is 0 Å². The first-order valence-corrected chi connectivity index (χ1v) is 9.07. The lowest BCUT2D eigenvalue weighted by Crippen LogP contribution is -2.57. The summed E-state index contributed by atoms with van der Waals surface area (Å²) in [6.45, 7) is 7.47. The molecule has 1 unspecified atom stereocenters. The van der Waals surface area contributed by atoms with E-state index in [0.29, 0.717) is 11.5 Å². The molecule has 4 bridgehead atoms. The van der Waals surface area contributed by atoms with Crippen LogP contribution < -0.4 is 5.32 Å². The minimum Gasteiger partial charge on any atom is -0.380 e. The van der Waals surface area contributed by atoms with Crippen LogP contribution in [-0.2, 0) is 4.74 Å². The highest BCUT2D eigenvalue weighted by Gasteiger charge is 2.53. The van der Waals surface area contributed by atoms with Crippen molar-refractivity contribution in [3.63, 3.8) is 0 Å². The van der Waals surface area contributed by atoms with Crippen LogP contribution in [0.1, 0.15) is 65.2 Å². The summed E-state index contributed by atoms with van der Waals surface area (Å²) < 4.78 is 6.02. The molecule has 0 radical (unpaired) electrons. The van der Waals surface area contributed by atoms with Gasteiger partial charge in [-0.2, -0.15) is 0 Å². The highest BCUT2D eigenvalue weighted by Crippen LogP contribution is 2.61. The molecular weight excluding hydrogens is 246 g/mol. The quantitative estimate of drug-likeness (QED) is 0.678. The van der Waals surface area contributed by atoms with Gasteiger partial charge in [-0.25, -0.2) is 0 Å². The molecule has 0 aromatic heterocycles. The normalized spacial score (nSPS) is 40.2. The van der Waals surface area contributed by atoms with Gasteiger partial charge in [0.25, 0.3) is 0 Å². The van der Waals surface area contributed by atoms with Crippen molar-refractivity contribution in [2.24, 2.45) is 23.2 Å². The van der Waals surface area contributed by atoms with Gasteiger partial charge >= 0.3 is 0 Å². The maximum absolute atomic E-state index is 6.02. The highest BCUT2D eigenvalue weighted by atomic mass is 16.5. The van der Waals surface area contributed by atoms with Crippen LogP contribution in [0.15, 0.2) is 0 Å². The molecule has 4 aliphatic carbocycles. The Bertz CT molecular complexity index is 279. The lowest BCUT2D eigenvalue weighted by atomic mass is 9.47. The lowest BCUT2D eigenvalue weighted by molar-refractivity contribution is -0.0884. The van der Waals surface area contributed by atoms with Gasteiger partial charge in [0.1, 0.15) is 0 Å². The molecule has 0 saturated heterocycles. The minimum absolute atomic E-state index is 0.580. The number of ether oxygens (including phenoxy) is 1. The van der Waals surface area contributed by atoms with Crippen LogP contribution in [0.5, 0.6) is 0 Å². The molecule has 20 heavy (non-hydrogen) atoms. The van der Waals surface area contributed by atoms with Crippen LogP contribution in [0, 0.1) is 23.2 Å². The molecule has 2 heteroatoms. The van der Waals surface area contributed by atoms with E-state index >= 15 is 0 Å². The Balaban J connectivity index is 1.63. The van der Waals surface area contributed by atoms with Crippen molar-refractivity contribution < 1.29 is 4.74 Å². The molecule has 1 N–H and O–H groups in total. The van der Waals surface area contributed by atoms with Gasteiger partial charge in [-0.05, 0) is 74.7 Å². The molecule has 116 valence electrons. The van der Waals surface area contributed by atoms with Crippen LogP contribution >= 0.6 is 0 Å². The lowest BCUT2D eigenvalue weighted by Gasteiger charge is -2.59. The van der Waals surface area contributed by atoms with E-state index in [1.54, 1.807) is 0 Å². The van der Waals surface area contributed by atoms with Crippen LogP contribution in [-0.4, -0.2) is 25.8 Å². The fourth-order valence-electron chi connectivity index (χ4n) is 5.75. The van der Waals surface area contributed by atoms with Gasteiger partial charge in [-0.1, -0.05) is 20.3 Å². The molecule has 0 aromatic rings. The first-order valence-electron chi connectivity index (χ1n) is 9.07. The Morgan fingerprint density at radius 2 is 1.65 bits per heavy atom. The van der Waals surface area contributed by atoms with E-state index in [9.17, 15) is 0 Å². The Morgan fingerprint density at radius 3 is 2.15 bits per heavy atom. The Kier molecular flexibility index (Phi) is 4.72. The van der Waals surface area contributed by atoms with Gasteiger partial charge < -0.3 is 10.1 Å². The second kappa shape index (κ2) is 6.36. The molecule has 2 nitrogen and oxygen atoms in total. The fraction of sp³-hybridized carbons (Fsp3) is 1.00. The summed E-state index contributed by atoms with van der Waals surface area (Å²) >= 11 is 0.